The van der Waals surface area contributed by atoms with E-state index in [2.05, 4.69) is 6.08 Å². The predicted octanol–water partition coefficient (Wildman–Crippen LogP) is 4.26. The van der Waals surface area contributed by atoms with E-state index in [-0.39, 0.29) is 11.9 Å². The molecule has 0 saturated heterocycles. The van der Waals surface area contributed by atoms with Gasteiger partial charge in [-0.05, 0) is 52.5 Å². The van der Waals surface area contributed by atoms with Crippen LogP contribution in [0.3, 0.4) is 0 Å². The Morgan fingerprint density at radius 3 is 2.31 bits per heavy atom. The molecule has 0 N–H and O–H groups in total. The third-order valence-electron chi connectivity index (χ3n) is 2.79. The zero-order valence-corrected chi connectivity index (χ0v) is 11.2. The lowest BCUT2D eigenvalue weighted by Gasteiger charge is -2.24. The summed E-state index contributed by atoms with van der Waals surface area (Å²) >= 11 is 0. The average Bonchev–Trinajstić information content (AvgIpc) is 2.16. The molecule has 1 aliphatic rings. The monoisotopic (exact) mass is 226 g/mol. The van der Waals surface area contributed by atoms with Crippen LogP contribution in [0, 0.1) is 5.92 Å². The van der Waals surface area contributed by atoms with E-state index in [1.807, 2.05) is 34.0 Å². The van der Waals surface area contributed by atoms with Gasteiger partial charge in [0.2, 0.25) is 0 Å². The fourth-order valence-corrected chi connectivity index (χ4v) is 2.12. The molecule has 0 spiro atoms. The summed E-state index contributed by atoms with van der Waals surface area (Å²) in [5, 5.41) is 0. The highest BCUT2D eigenvalue weighted by molar-refractivity contribution is 4.85. The number of ether oxygens (including phenoxy) is 2. The van der Waals surface area contributed by atoms with Gasteiger partial charge in [0.1, 0.15) is 0 Å². The van der Waals surface area contributed by atoms with E-state index in [4.69, 9.17) is 9.47 Å². The molecule has 0 aromatic carbocycles. The Hall–Kier alpha value is -0.500. The molecular formula is C14H26O2. The Kier molecular flexibility index (Phi) is 5.33. The van der Waals surface area contributed by atoms with Crippen LogP contribution in [0.25, 0.3) is 0 Å². The maximum absolute atomic E-state index is 5.65. The summed E-state index contributed by atoms with van der Waals surface area (Å²) in [4.78, 5) is 0. The van der Waals surface area contributed by atoms with E-state index in [0.29, 0.717) is 0 Å². The standard InChI is InChI=1S/C14H26O2/c1-12(16-14(2,3)4)15-11-10-13-8-6-5-7-9-13/h10-13H,5-9H2,1-4H3. The lowest BCUT2D eigenvalue weighted by atomic mass is 9.89. The van der Waals surface area contributed by atoms with Gasteiger partial charge in [-0.3, -0.25) is 0 Å². The molecule has 1 saturated carbocycles. The first-order valence-corrected chi connectivity index (χ1v) is 6.47. The van der Waals surface area contributed by atoms with Crippen molar-refractivity contribution in [3.63, 3.8) is 0 Å². The van der Waals surface area contributed by atoms with Gasteiger partial charge in [0.15, 0.2) is 6.29 Å². The molecule has 0 bridgehead atoms. The van der Waals surface area contributed by atoms with Crippen LogP contribution >= 0.6 is 0 Å². The van der Waals surface area contributed by atoms with Gasteiger partial charge in [-0.25, -0.2) is 0 Å². The van der Waals surface area contributed by atoms with Gasteiger partial charge >= 0.3 is 0 Å². The first-order chi connectivity index (χ1) is 7.47. The summed E-state index contributed by atoms with van der Waals surface area (Å²) in [6.45, 7) is 8.06. The van der Waals surface area contributed by atoms with Crippen LogP contribution in [0.15, 0.2) is 12.3 Å². The minimum Gasteiger partial charge on any atom is -0.473 e. The normalized spacial score (nSPS) is 21.2. The molecule has 0 aromatic rings. The Labute approximate surface area is 100 Å². The topological polar surface area (TPSA) is 18.5 Å². The molecule has 1 fully saturated rings. The van der Waals surface area contributed by atoms with Crippen molar-refractivity contribution < 1.29 is 9.47 Å². The maximum atomic E-state index is 5.65. The molecule has 0 aliphatic heterocycles. The minimum absolute atomic E-state index is 0.141. The molecule has 0 heterocycles. The smallest absolute Gasteiger partial charge is 0.196 e. The van der Waals surface area contributed by atoms with Crippen molar-refractivity contribution in [2.24, 2.45) is 5.92 Å². The minimum atomic E-state index is -0.167. The van der Waals surface area contributed by atoms with Gasteiger partial charge < -0.3 is 9.47 Å². The Balaban J connectivity index is 2.19. The zero-order chi connectivity index (χ0) is 12.0. The summed E-state index contributed by atoms with van der Waals surface area (Å²) in [5.41, 5.74) is -0.141. The molecule has 16 heavy (non-hydrogen) atoms. The fraction of sp³-hybridized carbons (Fsp3) is 0.857. The lowest BCUT2D eigenvalue weighted by molar-refractivity contribution is -0.159. The molecule has 94 valence electrons. The second-order valence-electron chi connectivity index (χ2n) is 5.66. The second-order valence-corrected chi connectivity index (χ2v) is 5.66. The largest absolute Gasteiger partial charge is 0.473 e. The Bertz CT molecular complexity index is 209. The van der Waals surface area contributed by atoms with Gasteiger partial charge in [-0.2, -0.15) is 0 Å². The van der Waals surface area contributed by atoms with Crippen LogP contribution in [0.2, 0.25) is 0 Å². The van der Waals surface area contributed by atoms with Crippen molar-refractivity contribution in [1.29, 1.82) is 0 Å². The van der Waals surface area contributed by atoms with Crippen molar-refractivity contribution in [3.8, 4) is 0 Å². The zero-order valence-electron chi connectivity index (χ0n) is 11.2. The fourth-order valence-electron chi connectivity index (χ4n) is 2.12. The quantitative estimate of drug-likeness (QED) is 0.527. The molecule has 1 rings (SSSR count). The lowest BCUT2D eigenvalue weighted by Crippen LogP contribution is -2.26. The third kappa shape index (κ3) is 6.16. The van der Waals surface area contributed by atoms with E-state index in [0.717, 1.165) is 5.92 Å². The van der Waals surface area contributed by atoms with E-state index < -0.39 is 0 Å². The van der Waals surface area contributed by atoms with E-state index >= 15 is 0 Å². The summed E-state index contributed by atoms with van der Waals surface area (Å²) < 4.78 is 11.2. The summed E-state index contributed by atoms with van der Waals surface area (Å²) in [6, 6.07) is 0. The highest BCUT2D eigenvalue weighted by Gasteiger charge is 2.15. The number of rotatable bonds is 4. The highest BCUT2D eigenvalue weighted by Crippen LogP contribution is 2.24. The Morgan fingerprint density at radius 1 is 1.12 bits per heavy atom. The highest BCUT2D eigenvalue weighted by atomic mass is 16.7. The average molecular weight is 226 g/mol. The molecule has 2 heteroatoms. The molecule has 1 unspecified atom stereocenters. The van der Waals surface area contributed by atoms with Crippen LogP contribution in [0.1, 0.15) is 59.8 Å². The number of hydrogen-bond acceptors (Lipinski definition) is 2. The van der Waals surface area contributed by atoms with Crippen molar-refractivity contribution >= 4 is 0 Å². The van der Waals surface area contributed by atoms with Crippen LogP contribution in [-0.2, 0) is 9.47 Å². The molecular weight excluding hydrogens is 200 g/mol. The van der Waals surface area contributed by atoms with Crippen LogP contribution in [0.4, 0.5) is 0 Å². The van der Waals surface area contributed by atoms with Gasteiger partial charge in [0, 0.05) is 0 Å². The van der Waals surface area contributed by atoms with Gasteiger partial charge in [-0.1, -0.05) is 19.3 Å². The van der Waals surface area contributed by atoms with Gasteiger partial charge in [0.05, 0.1) is 11.9 Å². The summed E-state index contributed by atoms with van der Waals surface area (Å²) in [5.74, 6) is 0.718. The SMILES string of the molecule is CC(OC=CC1CCCCC1)OC(C)(C)C. The van der Waals surface area contributed by atoms with Crippen LogP contribution in [-0.4, -0.2) is 11.9 Å². The third-order valence-corrected chi connectivity index (χ3v) is 2.79. The van der Waals surface area contributed by atoms with Crippen molar-refractivity contribution in [3.05, 3.63) is 12.3 Å². The molecule has 0 aromatic heterocycles. The van der Waals surface area contributed by atoms with E-state index in [1.54, 1.807) is 0 Å². The number of hydrogen-bond donors (Lipinski definition) is 0. The molecule has 2 nitrogen and oxygen atoms in total. The van der Waals surface area contributed by atoms with Gasteiger partial charge in [0.25, 0.3) is 0 Å². The van der Waals surface area contributed by atoms with Crippen LogP contribution in [0.5, 0.6) is 0 Å². The molecule has 0 amide bonds. The summed E-state index contributed by atoms with van der Waals surface area (Å²) in [7, 11) is 0. The van der Waals surface area contributed by atoms with E-state index in [9.17, 15) is 0 Å². The van der Waals surface area contributed by atoms with Crippen molar-refractivity contribution in [1.82, 2.24) is 0 Å². The van der Waals surface area contributed by atoms with Crippen molar-refractivity contribution in [2.75, 3.05) is 0 Å². The van der Waals surface area contributed by atoms with Crippen LogP contribution < -0.4 is 0 Å². The summed E-state index contributed by atoms with van der Waals surface area (Å²) in [6.07, 6.45) is 10.6. The molecule has 0 radical (unpaired) electrons. The molecule has 1 aliphatic carbocycles. The maximum Gasteiger partial charge on any atom is 0.196 e. The number of allylic oxidation sites excluding steroid dienone is 1. The molecule has 1 atom stereocenters. The van der Waals surface area contributed by atoms with E-state index in [1.165, 1.54) is 32.1 Å². The van der Waals surface area contributed by atoms with Crippen molar-refractivity contribution in [2.45, 2.75) is 71.7 Å². The first-order valence-electron chi connectivity index (χ1n) is 6.47. The second kappa shape index (κ2) is 6.29. The Morgan fingerprint density at radius 2 is 1.75 bits per heavy atom. The first kappa shape index (κ1) is 13.6. The predicted molar refractivity (Wildman–Crippen MR) is 67.1 cm³/mol. The van der Waals surface area contributed by atoms with Gasteiger partial charge in [-0.15, -0.1) is 0 Å².